The highest BCUT2D eigenvalue weighted by Crippen LogP contribution is 2.12. The van der Waals surface area contributed by atoms with Crippen LogP contribution in [0.4, 0.5) is 9.59 Å². The fraction of sp³-hybridized carbons (Fsp3) is 0.500. The molecule has 214 valence electrons. The SMILES string of the molecule is CC(C)C[C@@H](CN(CC(=O)O)C[C@H](CC(C)C)NC(=O)OCc1ccccc1)NC(=O)OCc1ccccc1. The van der Waals surface area contributed by atoms with E-state index in [9.17, 15) is 19.5 Å². The second kappa shape index (κ2) is 17.1. The van der Waals surface area contributed by atoms with Gasteiger partial charge in [0.15, 0.2) is 0 Å². The van der Waals surface area contributed by atoms with Crippen LogP contribution in [0, 0.1) is 11.8 Å². The van der Waals surface area contributed by atoms with Crippen molar-refractivity contribution in [3.63, 3.8) is 0 Å². The Morgan fingerprint density at radius 3 is 1.44 bits per heavy atom. The van der Waals surface area contributed by atoms with Gasteiger partial charge in [-0.1, -0.05) is 88.4 Å². The van der Waals surface area contributed by atoms with E-state index in [1.54, 1.807) is 4.90 Å². The van der Waals surface area contributed by atoms with Gasteiger partial charge in [0.1, 0.15) is 13.2 Å². The molecule has 0 radical (unpaired) electrons. The van der Waals surface area contributed by atoms with Crippen LogP contribution < -0.4 is 10.6 Å². The summed E-state index contributed by atoms with van der Waals surface area (Å²) < 4.78 is 10.8. The molecule has 0 aromatic heterocycles. The van der Waals surface area contributed by atoms with E-state index in [0.717, 1.165) is 11.1 Å². The van der Waals surface area contributed by atoms with Gasteiger partial charge < -0.3 is 25.2 Å². The van der Waals surface area contributed by atoms with Crippen LogP contribution in [0.5, 0.6) is 0 Å². The van der Waals surface area contributed by atoms with Crippen molar-refractivity contribution >= 4 is 18.2 Å². The summed E-state index contributed by atoms with van der Waals surface area (Å²) in [6.07, 6.45) is 0.165. The van der Waals surface area contributed by atoms with Crippen molar-refractivity contribution in [1.82, 2.24) is 15.5 Å². The number of nitrogens with zero attached hydrogens (tertiary/aromatic N) is 1. The fourth-order valence-electron chi connectivity index (χ4n) is 4.38. The number of carboxylic acids is 1. The Bertz CT molecular complexity index is 927. The number of amides is 2. The second-order valence-electron chi connectivity index (χ2n) is 10.7. The quantitative estimate of drug-likeness (QED) is 0.272. The Kier molecular flexibility index (Phi) is 13.9. The maximum atomic E-state index is 12.6. The van der Waals surface area contributed by atoms with Gasteiger partial charge in [0, 0.05) is 25.2 Å². The summed E-state index contributed by atoms with van der Waals surface area (Å²) in [5.74, 6) is -0.470. The summed E-state index contributed by atoms with van der Waals surface area (Å²) in [5, 5.41) is 15.4. The number of nitrogens with one attached hydrogen (secondary N) is 2. The molecule has 0 saturated heterocycles. The Hall–Kier alpha value is -3.59. The largest absolute Gasteiger partial charge is 0.480 e. The fourth-order valence-corrected chi connectivity index (χ4v) is 4.38. The summed E-state index contributed by atoms with van der Waals surface area (Å²) in [7, 11) is 0. The van der Waals surface area contributed by atoms with Crippen LogP contribution in [0.2, 0.25) is 0 Å². The standard InChI is InChI=1S/C30H43N3O6/c1-22(2)15-26(31-29(36)38-20-24-11-7-5-8-12-24)17-33(19-28(34)35)18-27(16-23(3)4)32-30(37)39-21-25-13-9-6-10-14-25/h5-14,22-23,26-27H,15-21H2,1-4H3,(H,31,36)(H,32,37)(H,34,35)/t26-,27-/m0/s1. The minimum atomic E-state index is -0.986. The number of benzene rings is 2. The average Bonchev–Trinajstić information content (AvgIpc) is 2.86. The monoisotopic (exact) mass is 541 g/mol. The third-order valence-corrected chi connectivity index (χ3v) is 5.90. The zero-order chi connectivity index (χ0) is 28.6. The van der Waals surface area contributed by atoms with Gasteiger partial charge in [0.25, 0.3) is 0 Å². The summed E-state index contributed by atoms with van der Waals surface area (Å²) in [4.78, 5) is 38.6. The predicted octanol–water partition coefficient (Wildman–Crippen LogP) is 5.06. The number of carbonyl (C=O) groups excluding carboxylic acids is 2. The number of hydrogen-bond acceptors (Lipinski definition) is 6. The van der Waals surface area contributed by atoms with Crippen LogP contribution in [0.25, 0.3) is 0 Å². The number of carbonyl (C=O) groups is 3. The molecule has 0 aliphatic heterocycles. The van der Waals surface area contributed by atoms with Crippen LogP contribution in [-0.4, -0.2) is 59.9 Å². The molecule has 0 heterocycles. The molecule has 2 amide bonds. The van der Waals surface area contributed by atoms with E-state index >= 15 is 0 Å². The van der Waals surface area contributed by atoms with E-state index in [0.29, 0.717) is 25.9 Å². The van der Waals surface area contributed by atoms with Crippen LogP contribution in [-0.2, 0) is 27.5 Å². The second-order valence-corrected chi connectivity index (χ2v) is 10.7. The van der Waals surface area contributed by atoms with Gasteiger partial charge in [-0.15, -0.1) is 0 Å². The van der Waals surface area contributed by atoms with Crippen molar-refractivity contribution in [2.24, 2.45) is 11.8 Å². The third-order valence-electron chi connectivity index (χ3n) is 5.90. The first-order valence-electron chi connectivity index (χ1n) is 13.5. The van der Waals surface area contributed by atoms with E-state index in [1.165, 1.54) is 0 Å². The topological polar surface area (TPSA) is 117 Å². The summed E-state index contributed by atoms with van der Waals surface area (Å²) in [5.41, 5.74) is 1.75. The van der Waals surface area contributed by atoms with Crippen LogP contribution in [0.3, 0.4) is 0 Å². The van der Waals surface area contributed by atoms with Gasteiger partial charge in [-0.3, -0.25) is 9.69 Å². The first kappa shape index (κ1) is 31.6. The van der Waals surface area contributed by atoms with Crippen molar-refractivity contribution in [2.45, 2.75) is 65.8 Å². The van der Waals surface area contributed by atoms with Crippen molar-refractivity contribution in [2.75, 3.05) is 19.6 Å². The number of aliphatic carboxylic acids is 1. The summed E-state index contributed by atoms with van der Waals surface area (Å²) in [6, 6.07) is 18.1. The van der Waals surface area contributed by atoms with Crippen molar-refractivity contribution in [1.29, 1.82) is 0 Å². The molecule has 0 aliphatic rings. The molecule has 2 atom stereocenters. The maximum Gasteiger partial charge on any atom is 0.407 e. The lowest BCUT2D eigenvalue weighted by Crippen LogP contribution is -2.51. The van der Waals surface area contributed by atoms with Crippen molar-refractivity contribution in [3.8, 4) is 0 Å². The Balaban J connectivity index is 2.03. The van der Waals surface area contributed by atoms with E-state index < -0.39 is 18.2 Å². The highest BCUT2D eigenvalue weighted by atomic mass is 16.6. The van der Waals surface area contributed by atoms with Gasteiger partial charge in [0.2, 0.25) is 0 Å². The Labute approximate surface area is 231 Å². The predicted molar refractivity (Wildman–Crippen MR) is 150 cm³/mol. The lowest BCUT2D eigenvalue weighted by atomic mass is 10.0. The van der Waals surface area contributed by atoms with Gasteiger partial charge in [-0.25, -0.2) is 9.59 Å². The first-order valence-corrected chi connectivity index (χ1v) is 13.5. The number of rotatable bonds is 16. The van der Waals surface area contributed by atoms with Crippen molar-refractivity contribution < 1.29 is 29.0 Å². The van der Waals surface area contributed by atoms with E-state index in [1.807, 2.05) is 88.4 Å². The average molecular weight is 542 g/mol. The van der Waals surface area contributed by atoms with Crippen molar-refractivity contribution in [3.05, 3.63) is 71.8 Å². The first-order chi connectivity index (χ1) is 18.6. The molecule has 0 fully saturated rings. The van der Waals surface area contributed by atoms with Gasteiger partial charge >= 0.3 is 18.2 Å². The zero-order valence-electron chi connectivity index (χ0n) is 23.5. The van der Waals surface area contributed by atoms with Crippen LogP contribution >= 0.6 is 0 Å². The van der Waals surface area contributed by atoms with E-state index in [2.05, 4.69) is 10.6 Å². The molecule has 0 spiro atoms. The maximum absolute atomic E-state index is 12.6. The molecule has 9 nitrogen and oxygen atoms in total. The number of alkyl carbamates (subject to hydrolysis) is 2. The van der Waals surface area contributed by atoms with E-state index in [4.69, 9.17) is 9.47 Å². The molecule has 2 rings (SSSR count). The molecular formula is C30H43N3O6. The normalized spacial score (nSPS) is 12.7. The molecular weight excluding hydrogens is 498 g/mol. The molecule has 0 bridgehead atoms. The molecule has 2 aromatic carbocycles. The minimum absolute atomic E-state index is 0.144. The Morgan fingerprint density at radius 1 is 0.718 bits per heavy atom. The summed E-state index contributed by atoms with van der Waals surface area (Å²) >= 11 is 0. The highest BCUT2D eigenvalue weighted by molar-refractivity contribution is 5.69. The molecule has 3 N–H and O–H groups in total. The molecule has 0 saturated carbocycles. The number of hydrogen-bond donors (Lipinski definition) is 3. The minimum Gasteiger partial charge on any atom is -0.480 e. The van der Waals surface area contributed by atoms with E-state index in [-0.39, 0.29) is 43.7 Å². The lowest BCUT2D eigenvalue weighted by molar-refractivity contribution is -0.138. The smallest absolute Gasteiger partial charge is 0.407 e. The van der Waals surface area contributed by atoms with Gasteiger partial charge in [0.05, 0.1) is 6.54 Å². The zero-order valence-corrected chi connectivity index (χ0v) is 23.5. The van der Waals surface area contributed by atoms with Gasteiger partial charge in [-0.2, -0.15) is 0 Å². The van der Waals surface area contributed by atoms with Gasteiger partial charge in [-0.05, 0) is 35.8 Å². The molecule has 9 heteroatoms. The van der Waals surface area contributed by atoms with Crippen LogP contribution in [0.15, 0.2) is 60.7 Å². The number of ether oxygens (including phenoxy) is 2. The molecule has 39 heavy (non-hydrogen) atoms. The summed E-state index contributed by atoms with van der Waals surface area (Å²) in [6.45, 7) is 8.80. The third kappa shape index (κ3) is 14.2. The molecule has 0 unspecified atom stereocenters. The molecule has 0 aliphatic carbocycles. The highest BCUT2D eigenvalue weighted by Gasteiger charge is 2.24. The number of carboxylic acid groups (broad SMARTS) is 1. The van der Waals surface area contributed by atoms with Crippen LogP contribution in [0.1, 0.15) is 51.7 Å². The Morgan fingerprint density at radius 2 is 1.10 bits per heavy atom. The lowest BCUT2D eigenvalue weighted by Gasteiger charge is -2.31. The molecule has 2 aromatic rings.